The van der Waals surface area contributed by atoms with Crippen molar-refractivity contribution in [3.63, 3.8) is 0 Å². The van der Waals surface area contributed by atoms with Crippen LogP contribution < -0.4 is 10.3 Å². The van der Waals surface area contributed by atoms with E-state index in [2.05, 4.69) is 4.98 Å². The van der Waals surface area contributed by atoms with E-state index in [0.29, 0.717) is 10.9 Å². The Kier molecular flexibility index (Phi) is 2.81. The molecule has 2 aromatic rings. The first-order valence-electron chi connectivity index (χ1n) is 6.00. The molecule has 0 bridgehead atoms. The van der Waals surface area contributed by atoms with Crippen molar-refractivity contribution in [1.29, 1.82) is 0 Å². The third kappa shape index (κ3) is 2.18. The van der Waals surface area contributed by atoms with Crippen molar-refractivity contribution in [3.8, 4) is 5.75 Å². The highest BCUT2D eigenvalue weighted by Crippen LogP contribution is 2.25. The maximum atomic E-state index is 13.8. The van der Waals surface area contributed by atoms with Crippen molar-refractivity contribution in [1.82, 2.24) is 9.88 Å². The molecule has 1 aromatic carbocycles. The second-order valence-electron chi connectivity index (χ2n) is 4.62. The van der Waals surface area contributed by atoms with Crippen LogP contribution in [0.1, 0.15) is 0 Å². The number of aromatic nitrogens is 1. The molecule has 0 unspecified atom stereocenters. The molecule has 3 rings (SSSR count). The minimum absolute atomic E-state index is 0.00869. The van der Waals surface area contributed by atoms with E-state index in [1.165, 1.54) is 29.2 Å². The summed E-state index contributed by atoms with van der Waals surface area (Å²) in [6.45, 7) is 0.413. The summed E-state index contributed by atoms with van der Waals surface area (Å²) >= 11 is 0. The Hall–Kier alpha value is -2.57. The molecule has 0 radical (unpaired) electrons. The van der Waals surface area contributed by atoms with Gasteiger partial charge in [0.2, 0.25) is 5.56 Å². The number of hydrogen-bond donors (Lipinski definition) is 2. The van der Waals surface area contributed by atoms with Gasteiger partial charge in [0.05, 0.1) is 18.6 Å². The molecular formula is C13H11FN2O4. The predicted octanol–water partition coefficient (Wildman–Crippen LogP) is 1.41. The first-order valence-corrected chi connectivity index (χ1v) is 6.00. The quantitative estimate of drug-likeness (QED) is 0.870. The zero-order chi connectivity index (χ0) is 14.3. The van der Waals surface area contributed by atoms with E-state index in [1.807, 2.05) is 0 Å². The number of H-pyrrole nitrogens is 1. The molecule has 1 saturated heterocycles. The SMILES string of the molecule is O=C(O)N1CC(Oc2cc3[nH]c(=O)ccc3cc2F)C1. The Morgan fingerprint density at radius 3 is 2.85 bits per heavy atom. The molecule has 1 amide bonds. The van der Waals surface area contributed by atoms with Crippen molar-refractivity contribution in [2.24, 2.45) is 0 Å². The van der Waals surface area contributed by atoms with Gasteiger partial charge in [0.25, 0.3) is 0 Å². The van der Waals surface area contributed by atoms with E-state index in [4.69, 9.17) is 9.84 Å². The summed E-state index contributed by atoms with van der Waals surface area (Å²) in [7, 11) is 0. The van der Waals surface area contributed by atoms with Crippen LogP contribution in [0.3, 0.4) is 0 Å². The molecule has 0 saturated carbocycles. The average Bonchev–Trinajstić information content (AvgIpc) is 2.33. The summed E-state index contributed by atoms with van der Waals surface area (Å²) in [6.07, 6.45) is -1.39. The van der Waals surface area contributed by atoms with Gasteiger partial charge >= 0.3 is 6.09 Å². The number of nitrogens with zero attached hydrogens (tertiary/aromatic N) is 1. The zero-order valence-electron chi connectivity index (χ0n) is 10.3. The van der Waals surface area contributed by atoms with Crippen LogP contribution in [-0.4, -0.2) is 40.3 Å². The molecule has 1 aliphatic heterocycles. The molecule has 1 fully saturated rings. The third-order valence-corrected chi connectivity index (χ3v) is 3.19. The number of likely N-dealkylation sites (tertiary alicyclic amines) is 1. The second-order valence-corrected chi connectivity index (χ2v) is 4.62. The van der Waals surface area contributed by atoms with Crippen molar-refractivity contribution in [2.45, 2.75) is 6.10 Å². The summed E-state index contributed by atoms with van der Waals surface area (Å²) in [5, 5.41) is 9.27. The summed E-state index contributed by atoms with van der Waals surface area (Å²) in [5.41, 5.74) is 0.194. The minimum Gasteiger partial charge on any atom is -0.484 e. The number of rotatable bonds is 2. The second kappa shape index (κ2) is 4.52. The van der Waals surface area contributed by atoms with Gasteiger partial charge in [-0.15, -0.1) is 0 Å². The molecule has 1 aromatic heterocycles. The number of benzene rings is 1. The van der Waals surface area contributed by atoms with Crippen molar-refractivity contribution >= 4 is 17.0 Å². The Morgan fingerprint density at radius 1 is 1.40 bits per heavy atom. The molecule has 1 aliphatic rings. The van der Waals surface area contributed by atoms with E-state index in [9.17, 15) is 14.0 Å². The van der Waals surface area contributed by atoms with Gasteiger partial charge in [0.15, 0.2) is 11.6 Å². The Morgan fingerprint density at radius 2 is 2.15 bits per heavy atom. The molecule has 0 atom stereocenters. The molecule has 20 heavy (non-hydrogen) atoms. The number of pyridine rings is 1. The summed E-state index contributed by atoms with van der Waals surface area (Å²) in [6, 6.07) is 5.53. The molecule has 7 heteroatoms. The van der Waals surface area contributed by atoms with Crippen molar-refractivity contribution in [2.75, 3.05) is 13.1 Å². The number of carboxylic acid groups (broad SMARTS) is 1. The van der Waals surface area contributed by atoms with Gasteiger partial charge in [-0.1, -0.05) is 0 Å². The first kappa shape index (κ1) is 12.5. The van der Waals surface area contributed by atoms with Crippen LogP contribution in [-0.2, 0) is 0 Å². The maximum absolute atomic E-state index is 13.8. The topological polar surface area (TPSA) is 82.6 Å². The van der Waals surface area contributed by atoms with Gasteiger partial charge in [0, 0.05) is 17.5 Å². The normalized spacial score (nSPS) is 15.2. The number of nitrogens with one attached hydrogen (secondary N) is 1. The fraction of sp³-hybridized carbons (Fsp3) is 0.231. The third-order valence-electron chi connectivity index (χ3n) is 3.19. The van der Waals surface area contributed by atoms with Crippen LogP contribution in [0.15, 0.2) is 29.1 Å². The molecule has 0 spiro atoms. The van der Waals surface area contributed by atoms with E-state index < -0.39 is 11.9 Å². The highest BCUT2D eigenvalue weighted by molar-refractivity contribution is 5.79. The summed E-state index contributed by atoms with van der Waals surface area (Å²) in [4.78, 5) is 25.6. The predicted molar refractivity (Wildman–Crippen MR) is 68.5 cm³/mol. The van der Waals surface area contributed by atoms with Crippen LogP contribution in [0.5, 0.6) is 5.75 Å². The van der Waals surface area contributed by atoms with E-state index in [1.54, 1.807) is 0 Å². The van der Waals surface area contributed by atoms with Crippen LogP contribution in [0, 0.1) is 5.82 Å². The van der Waals surface area contributed by atoms with E-state index >= 15 is 0 Å². The number of halogens is 1. The average molecular weight is 278 g/mol. The minimum atomic E-state index is -1.02. The highest BCUT2D eigenvalue weighted by atomic mass is 19.1. The molecular weight excluding hydrogens is 267 g/mol. The molecule has 6 nitrogen and oxygen atoms in total. The standard InChI is InChI=1S/C13H11FN2O4/c14-9-3-7-1-2-12(17)15-10(7)4-11(9)20-8-5-16(6-8)13(18)19/h1-4,8H,5-6H2,(H,15,17)(H,18,19). The van der Waals surface area contributed by atoms with Crippen molar-refractivity contribution in [3.05, 3.63) is 40.4 Å². The lowest BCUT2D eigenvalue weighted by Gasteiger charge is -2.36. The molecule has 0 aliphatic carbocycles. The number of amides is 1. The smallest absolute Gasteiger partial charge is 0.407 e. The molecule has 2 heterocycles. The molecule has 104 valence electrons. The Labute approximate surface area is 112 Å². The Balaban J connectivity index is 1.83. The van der Waals surface area contributed by atoms with Gasteiger partial charge in [-0.3, -0.25) is 4.79 Å². The highest BCUT2D eigenvalue weighted by Gasteiger charge is 2.32. The largest absolute Gasteiger partial charge is 0.484 e. The van der Waals surface area contributed by atoms with Gasteiger partial charge < -0.3 is 19.7 Å². The maximum Gasteiger partial charge on any atom is 0.407 e. The number of carbonyl (C=O) groups is 1. The first-order chi connectivity index (χ1) is 9.52. The summed E-state index contributed by atoms with van der Waals surface area (Å²) in [5.74, 6) is -0.535. The number of fused-ring (bicyclic) bond motifs is 1. The van der Waals surface area contributed by atoms with Crippen molar-refractivity contribution < 1.29 is 19.0 Å². The lowest BCUT2D eigenvalue weighted by atomic mass is 10.1. The van der Waals surface area contributed by atoms with Gasteiger partial charge in [0.1, 0.15) is 6.10 Å². The number of aromatic amines is 1. The Bertz CT molecular complexity index is 737. The summed E-state index contributed by atoms with van der Waals surface area (Å²) < 4.78 is 19.3. The monoisotopic (exact) mass is 278 g/mol. The molecule has 2 N–H and O–H groups in total. The lowest BCUT2D eigenvalue weighted by molar-refractivity contribution is 0.0233. The fourth-order valence-corrected chi connectivity index (χ4v) is 2.09. The van der Waals surface area contributed by atoms with E-state index in [0.717, 1.165) is 0 Å². The van der Waals surface area contributed by atoms with Crippen LogP contribution >= 0.6 is 0 Å². The van der Waals surface area contributed by atoms with Crippen LogP contribution in [0.4, 0.5) is 9.18 Å². The number of hydrogen-bond acceptors (Lipinski definition) is 3. The zero-order valence-corrected chi connectivity index (χ0v) is 10.3. The lowest BCUT2D eigenvalue weighted by Crippen LogP contribution is -2.55. The van der Waals surface area contributed by atoms with Crippen LogP contribution in [0.25, 0.3) is 10.9 Å². The van der Waals surface area contributed by atoms with Gasteiger partial charge in [-0.2, -0.15) is 0 Å². The van der Waals surface area contributed by atoms with Gasteiger partial charge in [-0.25, -0.2) is 9.18 Å². The van der Waals surface area contributed by atoms with Crippen LogP contribution in [0.2, 0.25) is 0 Å². The fourth-order valence-electron chi connectivity index (χ4n) is 2.09. The number of ether oxygens (including phenoxy) is 1. The van der Waals surface area contributed by atoms with E-state index in [-0.39, 0.29) is 30.5 Å². The van der Waals surface area contributed by atoms with Gasteiger partial charge in [-0.05, 0) is 12.1 Å².